The number of nitrogens with one attached hydrogen (secondary N) is 1. The molecule has 3 aliphatic heterocycles. The quantitative estimate of drug-likeness (QED) is 0.160. The summed E-state index contributed by atoms with van der Waals surface area (Å²) in [5, 5.41) is 13.5. The molecule has 284 valence electrons. The predicted molar refractivity (Wildman–Crippen MR) is 180 cm³/mol. The molecular formula is C36H59N3O11. The molecule has 8 unspecified atom stereocenters. The Labute approximate surface area is 295 Å². The molecule has 0 bridgehead atoms. The molecule has 3 rings (SSSR count). The van der Waals surface area contributed by atoms with Gasteiger partial charge in [0, 0.05) is 23.7 Å². The first-order valence-corrected chi connectivity index (χ1v) is 16.9. The molecule has 8 atom stereocenters. The summed E-state index contributed by atoms with van der Waals surface area (Å²) < 4.78 is 9.76. The van der Waals surface area contributed by atoms with Crippen molar-refractivity contribution in [1.82, 2.24) is 11.5 Å². The number of nitrogens with two attached hydrogens (primary N) is 1. The molecule has 0 aromatic carbocycles. The number of carboxylic acid groups (broad SMARTS) is 1. The van der Waals surface area contributed by atoms with E-state index in [0.717, 1.165) is 0 Å². The van der Waals surface area contributed by atoms with E-state index in [9.17, 15) is 43.5 Å². The smallest absolute Gasteiger partial charge is 0.318 e. The number of primary amides is 1. The number of carbonyl (C=O) groups excluding carboxylic acids is 8. The largest absolute Gasteiger partial charge is 0.550 e. The van der Waals surface area contributed by atoms with E-state index in [0.29, 0.717) is 19.3 Å². The number of hydrogen-bond donors (Lipinski definition) is 3. The lowest BCUT2D eigenvalue weighted by Crippen LogP contribution is -2.44. The van der Waals surface area contributed by atoms with Crippen molar-refractivity contribution in [3.63, 3.8) is 0 Å². The lowest BCUT2D eigenvalue weighted by Gasteiger charge is -2.37. The number of carbonyl (C=O) groups is 8. The summed E-state index contributed by atoms with van der Waals surface area (Å²) >= 11 is 0. The van der Waals surface area contributed by atoms with Crippen molar-refractivity contribution in [1.29, 1.82) is 0 Å². The molecule has 0 saturated carbocycles. The van der Waals surface area contributed by atoms with E-state index in [4.69, 9.17) is 15.2 Å². The molecule has 0 spiro atoms. The van der Waals surface area contributed by atoms with Gasteiger partial charge in [0.15, 0.2) is 0 Å². The van der Waals surface area contributed by atoms with E-state index in [-0.39, 0.29) is 35.2 Å². The Balaban J connectivity index is 0.000000490. The van der Waals surface area contributed by atoms with Crippen molar-refractivity contribution >= 4 is 47.6 Å². The topological polar surface area (TPSA) is 253 Å². The van der Waals surface area contributed by atoms with Crippen molar-refractivity contribution < 1.29 is 52.9 Å². The van der Waals surface area contributed by atoms with Crippen LogP contribution in [0.15, 0.2) is 0 Å². The van der Waals surface area contributed by atoms with Crippen LogP contribution in [0.1, 0.15) is 109 Å². The van der Waals surface area contributed by atoms with Crippen LogP contribution in [0.4, 0.5) is 0 Å². The van der Waals surface area contributed by atoms with Gasteiger partial charge in [0.25, 0.3) is 0 Å². The van der Waals surface area contributed by atoms with Crippen molar-refractivity contribution in [3.8, 4) is 0 Å². The molecule has 14 nitrogen and oxygen atoms in total. The van der Waals surface area contributed by atoms with Crippen LogP contribution < -0.4 is 22.3 Å². The van der Waals surface area contributed by atoms with Gasteiger partial charge in [0.1, 0.15) is 0 Å². The Morgan fingerprint density at radius 1 is 0.700 bits per heavy atom. The maximum Gasteiger partial charge on any atom is 0.318 e. The van der Waals surface area contributed by atoms with Gasteiger partial charge < -0.3 is 31.3 Å². The van der Waals surface area contributed by atoms with Crippen LogP contribution in [-0.4, -0.2) is 47.6 Å². The van der Waals surface area contributed by atoms with Crippen molar-refractivity contribution in [3.05, 3.63) is 0 Å². The maximum absolute atomic E-state index is 12.3. The molecule has 3 saturated heterocycles. The summed E-state index contributed by atoms with van der Waals surface area (Å²) in [5.41, 5.74) is 3.56. The third-order valence-corrected chi connectivity index (χ3v) is 10.1. The van der Waals surface area contributed by atoms with Crippen LogP contribution in [0.5, 0.6) is 0 Å². The van der Waals surface area contributed by atoms with E-state index in [1.165, 1.54) is 6.92 Å². The Bertz CT molecular complexity index is 1370. The van der Waals surface area contributed by atoms with Gasteiger partial charge in [-0.2, -0.15) is 0 Å². The third kappa shape index (κ3) is 10.7. The summed E-state index contributed by atoms with van der Waals surface area (Å²) in [6, 6.07) is 0. The molecule has 0 aromatic heterocycles. The van der Waals surface area contributed by atoms with E-state index >= 15 is 0 Å². The fourth-order valence-corrected chi connectivity index (χ4v) is 7.61. The molecular weight excluding hydrogens is 650 g/mol. The zero-order valence-electron chi connectivity index (χ0n) is 32.0. The molecule has 0 aromatic rings. The van der Waals surface area contributed by atoms with Gasteiger partial charge in [-0.05, 0) is 47.3 Å². The first-order valence-electron chi connectivity index (χ1n) is 16.9. The van der Waals surface area contributed by atoms with Gasteiger partial charge >= 0.3 is 23.9 Å². The number of hydrogen-bond acceptors (Lipinski definition) is 11. The minimum Gasteiger partial charge on any atom is -0.550 e. The first kappa shape index (κ1) is 44.3. The number of carboxylic acids is 1. The molecule has 3 aliphatic rings. The van der Waals surface area contributed by atoms with E-state index in [1.54, 1.807) is 20.8 Å². The van der Waals surface area contributed by atoms with E-state index < -0.39 is 93.9 Å². The molecule has 7 N–H and O–H groups in total. The number of cyclic esters (lactones) is 4. The second kappa shape index (κ2) is 15.7. The number of imide groups is 1. The van der Waals surface area contributed by atoms with Crippen LogP contribution in [-0.2, 0) is 47.8 Å². The number of ether oxygens (including phenoxy) is 2. The van der Waals surface area contributed by atoms with Crippen LogP contribution in [0.3, 0.4) is 0 Å². The monoisotopic (exact) mass is 709 g/mol. The molecule has 14 heteroatoms. The van der Waals surface area contributed by atoms with Gasteiger partial charge in [-0.25, -0.2) is 0 Å². The van der Waals surface area contributed by atoms with Crippen LogP contribution in [0.2, 0.25) is 0 Å². The Morgan fingerprint density at radius 2 is 1.10 bits per heavy atom. The first-order chi connectivity index (χ1) is 22.0. The van der Waals surface area contributed by atoms with Crippen molar-refractivity contribution in [2.24, 2.45) is 74.7 Å². The minimum atomic E-state index is -1.38. The molecule has 0 radical (unpaired) electrons. The lowest BCUT2D eigenvalue weighted by molar-refractivity contribution is -0.312. The standard InChI is InChI=1S/C18H29NO6.C18H27NO5.H3N/c1-9(14(21)22)10(13(19)20)8-18(5,6)12-11(7-17(2,3)4)15(23)25-16(12)24;1-9-10(14(21)19-13(9)20)8-18(5,6)12-11(7-17(2,3)4)15(22)24-16(12)23;/h9-12H,7-8H2,1-6H3,(H2,19,20)(H,21,22);9-12H,7-8H2,1-6H3,(H,19,20,21);1H3. The molecule has 3 heterocycles. The maximum atomic E-state index is 12.3. The highest BCUT2D eigenvalue weighted by Crippen LogP contribution is 2.49. The van der Waals surface area contributed by atoms with Gasteiger partial charge in [0.2, 0.25) is 17.7 Å². The number of aliphatic carboxylic acids is 1. The fraction of sp³-hybridized carbons (Fsp3) is 0.778. The molecule has 3 fully saturated rings. The highest BCUT2D eigenvalue weighted by atomic mass is 16.6. The lowest BCUT2D eigenvalue weighted by atomic mass is 9.64. The van der Waals surface area contributed by atoms with Crippen molar-refractivity contribution in [2.75, 3.05) is 0 Å². The van der Waals surface area contributed by atoms with Crippen LogP contribution in [0, 0.1) is 69.0 Å². The molecule has 50 heavy (non-hydrogen) atoms. The normalized spacial score (nSPS) is 27.0. The van der Waals surface area contributed by atoms with Crippen LogP contribution in [0.25, 0.3) is 0 Å². The zero-order valence-corrected chi connectivity index (χ0v) is 32.0. The number of rotatable bonds is 11. The highest BCUT2D eigenvalue weighted by Gasteiger charge is 2.55. The van der Waals surface area contributed by atoms with Crippen molar-refractivity contribution in [2.45, 2.75) is 109 Å². The summed E-state index contributed by atoms with van der Waals surface area (Å²) in [7, 11) is 0. The average molecular weight is 710 g/mol. The van der Waals surface area contributed by atoms with Gasteiger partial charge in [-0.15, -0.1) is 0 Å². The van der Waals surface area contributed by atoms with E-state index in [1.807, 2.05) is 55.4 Å². The Hall–Kier alpha value is -3.68. The number of esters is 4. The summed E-state index contributed by atoms with van der Waals surface area (Å²) in [5.74, 6) is -10.4. The zero-order chi connectivity index (χ0) is 38.2. The fourth-order valence-electron chi connectivity index (χ4n) is 7.61. The van der Waals surface area contributed by atoms with Gasteiger partial charge in [-0.3, -0.25) is 38.9 Å². The number of amides is 3. The summed E-state index contributed by atoms with van der Waals surface area (Å²) in [6.07, 6.45) is 1.39. The number of quaternary nitrogens is 1. The summed E-state index contributed by atoms with van der Waals surface area (Å²) in [4.78, 5) is 95.5. The Kier molecular flexibility index (Phi) is 13.9. The highest BCUT2D eigenvalue weighted by molar-refractivity contribution is 6.05. The SMILES string of the molecule is CC(C(=O)[O-])C(CC(C)(C)C1C(=O)OC(=O)C1CC(C)(C)C)C(N)=O.CC1C(=O)NC(=O)C1CC(C)(C)C1C(=O)OC(=O)C1CC(C)(C)C.[NH4+]. The molecule has 0 aliphatic carbocycles. The third-order valence-electron chi connectivity index (χ3n) is 10.1. The Morgan fingerprint density at radius 3 is 1.42 bits per heavy atom. The minimum absolute atomic E-state index is 0. The molecule has 3 amide bonds. The van der Waals surface area contributed by atoms with Gasteiger partial charge in [-0.1, -0.05) is 83.1 Å². The van der Waals surface area contributed by atoms with Gasteiger partial charge in [0.05, 0.1) is 29.6 Å². The van der Waals surface area contributed by atoms with E-state index in [2.05, 4.69) is 5.32 Å². The second-order valence-corrected chi connectivity index (χ2v) is 17.9. The summed E-state index contributed by atoms with van der Waals surface area (Å²) in [6.45, 7) is 22.2. The predicted octanol–water partition coefficient (Wildman–Crippen LogP) is 3.08. The second-order valence-electron chi connectivity index (χ2n) is 17.9. The van der Waals surface area contributed by atoms with Crippen LogP contribution >= 0.6 is 0 Å². The average Bonchev–Trinajstić information content (AvgIpc) is 3.44.